The molecule has 4 amide bonds. The highest BCUT2D eigenvalue weighted by atomic mass is 19.4. The molecule has 20 heteroatoms. The molecule has 0 bridgehead atoms. The van der Waals surface area contributed by atoms with E-state index >= 15 is 0 Å². The molecule has 1 unspecified atom stereocenters. The highest BCUT2D eigenvalue weighted by molar-refractivity contribution is 5.94. The highest BCUT2D eigenvalue weighted by Gasteiger charge is 2.66. The summed E-state index contributed by atoms with van der Waals surface area (Å²) < 4.78 is 71.2. The Bertz CT molecular complexity index is 2010. The van der Waals surface area contributed by atoms with E-state index in [0.29, 0.717) is 29.7 Å². The molecule has 0 aliphatic carbocycles. The first kappa shape index (κ1) is 49.3. The average molecular weight is 864 g/mol. The third kappa shape index (κ3) is 13.0. The molecule has 17 nitrogen and oxygen atoms in total. The normalized spacial score (nSPS) is 14.0. The van der Waals surface area contributed by atoms with Gasteiger partial charge in [0.1, 0.15) is 40.0 Å². The lowest BCUT2D eigenvalue weighted by molar-refractivity contribution is -0.215. The molecule has 61 heavy (non-hydrogen) atoms. The number of hydrogen-bond acceptors (Lipinski definition) is 12. The zero-order chi connectivity index (χ0) is 46.1. The standard InChI is InChI=1S/C41H56F3N7O10/c1-25(22-50-24-31(48-49-50)40(34(54)59-12,41(42,43)44)47-36(56)61-38(5,6)7)45-33(53)39(8,9)51(23-27-18-19-28(57-10)21-30(27)58-11)32(52)29(20-26-16-14-13-15-17-26)46-35(55)60-37(2,3)4/h13-19,21,24-25,29H,20,22-23H2,1-12H3,(H,45,53)(H,46,55)(H,47,56)/t25-,29-,40?/m0/s1. The van der Waals surface area contributed by atoms with Crippen molar-refractivity contribution in [2.45, 2.75) is 122 Å². The molecular formula is C41H56F3N7O10. The molecule has 1 heterocycles. The molecule has 0 spiro atoms. The Labute approximate surface area is 352 Å². The van der Waals surface area contributed by atoms with Gasteiger partial charge in [0.15, 0.2) is 0 Å². The lowest BCUT2D eigenvalue weighted by atomic mass is 9.95. The van der Waals surface area contributed by atoms with Gasteiger partial charge < -0.3 is 39.2 Å². The zero-order valence-electron chi connectivity index (χ0n) is 36.5. The van der Waals surface area contributed by atoms with E-state index < -0.39 is 76.2 Å². The second-order valence-corrected chi connectivity index (χ2v) is 16.6. The van der Waals surface area contributed by atoms with Crippen LogP contribution >= 0.6 is 0 Å². The molecule has 3 aromatic rings. The number of aromatic nitrogens is 3. The minimum atomic E-state index is -5.49. The van der Waals surface area contributed by atoms with Crippen molar-refractivity contribution in [3.63, 3.8) is 0 Å². The van der Waals surface area contributed by atoms with Crippen LogP contribution < -0.4 is 25.4 Å². The van der Waals surface area contributed by atoms with Gasteiger partial charge >= 0.3 is 24.3 Å². The Balaban J connectivity index is 2.02. The van der Waals surface area contributed by atoms with Gasteiger partial charge in [0.2, 0.25) is 11.8 Å². The molecule has 336 valence electrons. The van der Waals surface area contributed by atoms with Crippen molar-refractivity contribution in [1.82, 2.24) is 35.8 Å². The Morgan fingerprint density at radius 2 is 1.43 bits per heavy atom. The number of alkyl halides is 3. The third-order valence-corrected chi connectivity index (χ3v) is 8.96. The predicted molar refractivity (Wildman–Crippen MR) is 214 cm³/mol. The Hall–Kier alpha value is -6.08. The van der Waals surface area contributed by atoms with Crippen LogP contribution in [0.5, 0.6) is 11.5 Å². The number of halogens is 3. The number of nitrogens with one attached hydrogen (secondary N) is 3. The number of alkyl carbamates (subject to hydrolysis) is 2. The van der Waals surface area contributed by atoms with E-state index in [0.717, 1.165) is 10.9 Å². The molecule has 0 saturated carbocycles. The lowest BCUT2D eigenvalue weighted by Gasteiger charge is -2.40. The van der Waals surface area contributed by atoms with E-state index in [4.69, 9.17) is 18.9 Å². The van der Waals surface area contributed by atoms with Crippen molar-refractivity contribution >= 4 is 30.0 Å². The van der Waals surface area contributed by atoms with Crippen LogP contribution in [0, 0.1) is 0 Å². The number of hydrogen-bond donors (Lipinski definition) is 3. The number of carbonyl (C=O) groups excluding carboxylic acids is 5. The second-order valence-electron chi connectivity index (χ2n) is 16.6. The monoisotopic (exact) mass is 863 g/mol. The van der Waals surface area contributed by atoms with E-state index in [9.17, 15) is 37.1 Å². The van der Waals surface area contributed by atoms with Crippen molar-refractivity contribution in [2.24, 2.45) is 0 Å². The second kappa shape index (κ2) is 19.5. The molecule has 0 radical (unpaired) electrons. The van der Waals surface area contributed by atoms with Gasteiger partial charge in [-0.1, -0.05) is 35.5 Å². The summed E-state index contributed by atoms with van der Waals surface area (Å²) in [6, 6.07) is 11.7. The summed E-state index contributed by atoms with van der Waals surface area (Å²) in [4.78, 5) is 69.0. The SMILES string of the molecule is COC(=O)C(NC(=O)OC(C)(C)C)(c1cn(C[C@H](C)NC(=O)C(C)(C)N(Cc2ccc(OC)cc2OC)C(=O)[C@H](Cc2ccccc2)NC(=O)OC(C)(C)C)nn1)C(F)(F)F. The number of benzene rings is 2. The van der Waals surface area contributed by atoms with Gasteiger partial charge in [-0.2, -0.15) is 13.2 Å². The van der Waals surface area contributed by atoms with Crippen LogP contribution in [0.2, 0.25) is 0 Å². The largest absolute Gasteiger partial charge is 0.497 e. The molecule has 0 aliphatic rings. The quantitative estimate of drug-likeness (QED) is 0.126. The first-order valence-corrected chi connectivity index (χ1v) is 19.1. The predicted octanol–water partition coefficient (Wildman–Crippen LogP) is 5.20. The molecule has 0 aliphatic heterocycles. The van der Waals surface area contributed by atoms with Crippen molar-refractivity contribution in [1.29, 1.82) is 0 Å². The van der Waals surface area contributed by atoms with E-state index in [1.54, 1.807) is 74.6 Å². The van der Waals surface area contributed by atoms with Crippen LogP contribution in [0.25, 0.3) is 0 Å². The fraction of sp³-hybridized carbons (Fsp3) is 0.537. The fourth-order valence-corrected chi connectivity index (χ4v) is 5.96. The molecule has 0 fully saturated rings. The summed E-state index contributed by atoms with van der Waals surface area (Å²) in [5.74, 6) is -2.47. The number of rotatable bonds is 16. The summed E-state index contributed by atoms with van der Waals surface area (Å²) in [5.41, 5.74) is -7.49. The van der Waals surface area contributed by atoms with E-state index in [2.05, 4.69) is 25.7 Å². The van der Waals surface area contributed by atoms with Crippen molar-refractivity contribution < 1.29 is 60.8 Å². The lowest BCUT2D eigenvalue weighted by Crippen LogP contribution is -2.62. The van der Waals surface area contributed by atoms with Gasteiger partial charge in [-0.15, -0.1) is 5.10 Å². The van der Waals surface area contributed by atoms with Gasteiger partial charge in [-0.25, -0.2) is 14.4 Å². The number of ether oxygens (including phenoxy) is 5. The third-order valence-electron chi connectivity index (χ3n) is 8.96. The zero-order valence-corrected chi connectivity index (χ0v) is 36.5. The van der Waals surface area contributed by atoms with Gasteiger partial charge in [-0.3, -0.25) is 19.6 Å². The van der Waals surface area contributed by atoms with Gasteiger partial charge in [-0.05, 0) is 80.0 Å². The summed E-state index contributed by atoms with van der Waals surface area (Å²) >= 11 is 0. The minimum Gasteiger partial charge on any atom is -0.497 e. The summed E-state index contributed by atoms with van der Waals surface area (Å²) in [6.45, 7) is 13.3. The number of methoxy groups -OCH3 is 3. The Morgan fingerprint density at radius 1 is 0.820 bits per heavy atom. The maximum Gasteiger partial charge on any atom is 0.428 e. The van der Waals surface area contributed by atoms with Crippen LogP contribution in [0.4, 0.5) is 22.8 Å². The molecule has 1 aromatic heterocycles. The molecule has 2 aromatic carbocycles. The fourth-order valence-electron chi connectivity index (χ4n) is 5.96. The van der Waals surface area contributed by atoms with Gasteiger partial charge in [0, 0.05) is 24.1 Å². The number of amides is 4. The first-order chi connectivity index (χ1) is 28.2. The summed E-state index contributed by atoms with van der Waals surface area (Å²) in [7, 11) is 3.61. The minimum absolute atomic E-state index is 0.0195. The Morgan fingerprint density at radius 3 is 1.97 bits per heavy atom. The van der Waals surface area contributed by atoms with E-state index in [1.807, 2.05) is 0 Å². The van der Waals surface area contributed by atoms with Crippen LogP contribution in [0.3, 0.4) is 0 Å². The first-order valence-electron chi connectivity index (χ1n) is 19.1. The van der Waals surface area contributed by atoms with Crippen LogP contribution in [-0.2, 0) is 53.6 Å². The van der Waals surface area contributed by atoms with E-state index in [-0.39, 0.29) is 19.5 Å². The van der Waals surface area contributed by atoms with E-state index in [1.165, 1.54) is 60.7 Å². The van der Waals surface area contributed by atoms with Crippen molar-refractivity contribution in [3.8, 4) is 11.5 Å². The molecule has 3 N–H and O–H groups in total. The number of carbonyl (C=O) groups is 5. The molecule has 3 rings (SSSR count). The highest BCUT2D eigenvalue weighted by Crippen LogP contribution is 2.40. The van der Waals surface area contributed by atoms with Gasteiger partial charge in [0.25, 0.3) is 5.54 Å². The molecule has 0 saturated heterocycles. The average Bonchev–Trinajstić information content (AvgIpc) is 3.61. The Kier molecular flexibility index (Phi) is 15.8. The van der Waals surface area contributed by atoms with Crippen molar-refractivity contribution in [3.05, 3.63) is 71.5 Å². The molecular weight excluding hydrogens is 807 g/mol. The maximum absolute atomic E-state index is 14.8. The summed E-state index contributed by atoms with van der Waals surface area (Å²) in [6.07, 6.45) is -7.13. The van der Waals surface area contributed by atoms with Crippen LogP contribution in [-0.4, -0.2) is 106 Å². The maximum atomic E-state index is 14.8. The van der Waals surface area contributed by atoms with Gasteiger partial charge in [0.05, 0.1) is 40.6 Å². The topological polar surface area (TPSA) is 202 Å². The smallest absolute Gasteiger partial charge is 0.428 e. The number of esters is 1. The van der Waals surface area contributed by atoms with Crippen LogP contribution in [0.1, 0.15) is 79.1 Å². The molecule has 3 atom stereocenters. The number of nitrogens with zero attached hydrogens (tertiary/aromatic N) is 4. The summed E-state index contributed by atoms with van der Waals surface area (Å²) in [5, 5.41) is 14.4. The van der Waals surface area contributed by atoms with Crippen molar-refractivity contribution in [2.75, 3.05) is 21.3 Å². The van der Waals surface area contributed by atoms with Crippen LogP contribution in [0.15, 0.2) is 54.7 Å².